The monoisotopic (exact) mass is 545 g/mol. The van der Waals surface area contributed by atoms with Gasteiger partial charge in [-0.1, -0.05) is 55.9 Å². The lowest BCUT2D eigenvalue weighted by Crippen LogP contribution is -2.57. The van der Waals surface area contributed by atoms with Crippen LogP contribution in [0, 0.1) is 11.3 Å². The molecule has 1 heterocycles. The van der Waals surface area contributed by atoms with E-state index in [9.17, 15) is 19.5 Å². The van der Waals surface area contributed by atoms with E-state index in [1.54, 1.807) is 0 Å². The Morgan fingerprint density at radius 2 is 1.55 bits per heavy atom. The van der Waals surface area contributed by atoms with Crippen molar-refractivity contribution in [1.29, 1.82) is 0 Å². The van der Waals surface area contributed by atoms with Gasteiger partial charge >= 0.3 is 0 Å². The van der Waals surface area contributed by atoms with Crippen molar-refractivity contribution in [1.82, 2.24) is 15.5 Å². The molecule has 0 spiro atoms. The Labute approximate surface area is 230 Å². The lowest BCUT2D eigenvalue weighted by molar-refractivity contribution is -0.144. The summed E-state index contributed by atoms with van der Waals surface area (Å²) >= 11 is 0. The van der Waals surface area contributed by atoms with E-state index in [0.717, 1.165) is 13.0 Å². The molecule has 1 aliphatic rings. The smallest absolute Gasteiger partial charge is 0.246 e. The molecule has 10 heteroatoms. The van der Waals surface area contributed by atoms with Crippen molar-refractivity contribution in [3.63, 3.8) is 0 Å². The van der Waals surface area contributed by atoms with Gasteiger partial charge in [-0.2, -0.15) is 0 Å². The number of aliphatic hydroxyl groups is 1. The second-order valence-electron chi connectivity index (χ2n) is 11.5. The van der Waals surface area contributed by atoms with Gasteiger partial charge in [-0.25, -0.2) is 0 Å². The van der Waals surface area contributed by atoms with E-state index in [2.05, 4.69) is 24.5 Å². The predicted octanol–water partition coefficient (Wildman–Crippen LogP) is 2.17. The van der Waals surface area contributed by atoms with E-state index in [1.165, 1.54) is 4.90 Å². The highest BCUT2D eigenvalue weighted by Crippen LogP contribution is 2.27. The Morgan fingerprint density at radius 3 is 2.11 bits per heavy atom. The van der Waals surface area contributed by atoms with Crippen molar-refractivity contribution in [3.8, 4) is 0 Å². The topological polar surface area (TPSA) is 126 Å². The Balaban J connectivity index is 0.0000137. The van der Waals surface area contributed by atoms with Crippen molar-refractivity contribution >= 4 is 17.6 Å². The minimum absolute atomic E-state index is 0. The van der Waals surface area contributed by atoms with E-state index < -0.39 is 29.5 Å². The Bertz CT molecular complexity index is 694. The average molecular weight is 546 g/mol. The number of rotatable bonds is 18. The highest BCUT2D eigenvalue weighted by atomic mass is 16.5. The number of hydrogen-bond donors (Lipinski definition) is 3. The summed E-state index contributed by atoms with van der Waals surface area (Å²) in [5, 5.41) is 16.3. The number of carbonyl (C=O) groups excluding carboxylic acids is 3. The van der Waals surface area contributed by atoms with Crippen LogP contribution in [0.5, 0.6) is 0 Å². The van der Waals surface area contributed by atoms with Gasteiger partial charge in [0.25, 0.3) is 0 Å². The maximum atomic E-state index is 13.5. The number of ketones is 1. The van der Waals surface area contributed by atoms with Crippen LogP contribution in [0.4, 0.5) is 0 Å². The summed E-state index contributed by atoms with van der Waals surface area (Å²) in [6.45, 7) is 16.6. The van der Waals surface area contributed by atoms with Gasteiger partial charge in [0.05, 0.1) is 45.2 Å². The Hall–Kier alpha value is -1.59. The van der Waals surface area contributed by atoms with Crippen LogP contribution >= 0.6 is 0 Å². The summed E-state index contributed by atoms with van der Waals surface area (Å²) in [4.78, 5) is 40.3. The molecule has 38 heavy (non-hydrogen) atoms. The van der Waals surface area contributed by atoms with Crippen molar-refractivity contribution < 1.29 is 33.7 Å². The summed E-state index contributed by atoms with van der Waals surface area (Å²) < 4.78 is 16.3. The Kier molecular flexibility index (Phi) is 17.9. The lowest BCUT2D eigenvalue weighted by Gasteiger charge is -2.35. The zero-order chi connectivity index (χ0) is 28.0. The number of ether oxygens (including phenoxy) is 3. The number of aliphatic hydroxyl groups excluding tert-OH is 1. The quantitative estimate of drug-likeness (QED) is 0.224. The molecule has 0 aromatic carbocycles. The summed E-state index contributed by atoms with van der Waals surface area (Å²) in [6.07, 6.45) is 0.578. The highest BCUT2D eigenvalue weighted by Gasteiger charge is 2.44. The van der Waals surface area contributed by atoms with Crippen molar-refractivity contribution in [3.05, 3.63) is 0 Å². The molecule has 0 saturated carbocycles. The van der Waals surface area contributed by atoms with Gasteiger partial charge in [0, 0.05) is 32.0 Å². The number of likely N-dealkylation sites (tertiary alicyclic amines) is 1. The van der Waals surface area contributed by atoms with Crippen LogP contribution < -0.4 is 10.6 Å². The fourth-order valence-electron chi connectivity index (χ4n) is 4.00. The molecular weight excluding hydrogens is 490 g/mol. The molecule has 0 aliphatic carbocycles. The fraction of sp³-hybridized carbons (Fsp3) is 0.893. The van der Waals surface area contributed by atoms with Gasteiger partial charge < -0.3 is 34.9 Å². The standard InChI is InChI=1S/C27H51N3O7.CH4/c1-19(2)8-9-23(32)22-16-21(31)17-30(22)26(34)25(27(5,6)7)29-24(33)18-37-15-14-36-13-12-35-11-10-28-20(3)4;/h19-22,25,28,31H,8-18H2,1-7H3,(H,29,33);1H4. The first-order valence-electron chi connectivity index (χ1n) is 13.6. The molecular formula is C28H55N3O7. The van der Waals surface area contributed by atoms with Crippen LogP contribution in [0.1, 0.15) is 75.2 Å². The van der Waals surface area contributed by atoms with Crippen LogP contribution in [0.15, 0.2) is 0 Å². The molecule has 1 aliphatic heterocycles. The van der Waals surface area contributed by atoms with Gasteiger partial charge in [0.2, 0.25) is 11.8 Å². The predicted molar refractivity (Wildman–Crippen MR) is 149 cm³/mol. The molecule has 1 rings (SSSR count). The number of nitrogens with one attached hydrogen (secondary N) is 2. The second-order valence-corrected chi connectivity index (χ2v) is 11.5. The number of nitrogens with zero attached hydrogens (tertiary/aromatic N) is 1. The molecule has 0 radical (unpaired) electrons. The number of β-amino-alcohol motifs (C(OH)–C–C–N with tert-alkyl or cyclic N) is 1. The molecule has 2 amide bonds. The third kappa shape index (κ3) is 14.5. The fourth-order valence-corrected chi connectivity index (χ4v) is 4.00. The first-order valence-corrected chi connectivity index (χ1v) is 13.6. The van der Waals surface area contributed by atoms with Crippen LogP contribution in [-0.4, -0.2) is 105 Å². The SMILES string of the molecule is C.CC(C)CCC(=O)C1CC(O)CN1C(=O)C(NC(=O)COCCOCCOCCNC(C)C)C(C)(C)C. The molecule has 0 aromatic heterocycles. The van der Waals surface area contributed by atoms with Crippen molar-refractivity contribution in [2.45, 2.75) is 99.4 Å². The van der Waals surface area contributed by atoms with Crippen LogP contribution in [-0.2, 0) is 28.6 Å². The van der Waals surface area contributed by atoms with Crippen LogP contribution in [0.3, 0.4) is 0 Å². The third-order valence-corrected chi connectivity index (χ3v) is 6.10. The van der Waals surface area contributed by atoms with Crippen LogP contribution in [0.2, 0.25) is 0 Å². The number of carbonyl (C=O) groups is 3. The number of amides is 2. The van der Waals surface area contributed by atoms with Gasteiger partial charge in [0.15, 0.2) is 5.78 Å². The molecule has 3 N–H and O–H groups in total. The number of hydrogen-bond acceptors (Lipinski definition) is 8. The van der Waals surface area contributed by atoms with Crippen molar-refractivity contribution in [2.24, 2.45) is 11.3 Å². The summed E-state index contributed by atoms with van der Waals surface area (Å²) in [5.74, 6) is -0.445. The molecule has 0 aromatic rings. The van der Waals surface area contributed by atoms with Gasteiger partial charge in [0.1, 0.15) is 12.6 Å². The molecule has 1 fully saturated rings. The van der Waals surface area contributed by atoms with Gasteiger partial charge in [-0.15, -0.1) is 0 Å². The first-order chi connectivity index (χ1) is 17.3. The first kappa shape index (κ1) is 36.4. The zero-order valence-corrected chi connectivity index (χ0v) is 24.0. The molecule has 1 saturated heterocycles. The normalized spacial score (nSPS) is 18.5. The van der Waals surface area contributed by atoms with Gasteiger partial charge in [-0.05, 0) is 17.8 Å². The summed E-state index contributed by atoms with van der Waals surface area (Å²) in [6, 6.07) is -1.08. The summed E-state index contributed by atoms with van der Waals surface area (Å²) in [5.41, 5.74) is -0.598. The molecule has 3 unspecified atom stereocenters. The minimum Gasteiger partial charge on any atom is -0.391 e. The maximum Gasteiger partial charge on any atom is 0.246 e. The van der Waals surface area contributed by atoms with E-state index in [4.69, 9.17) is 14.2 Å². The zero-order valence-electron chi connectivity index (χ0n) is 24.0. The van der Waals surface area contributed by atoms with E-state index >= 15 is 0 Å². The summed E-state index contributed by atoms with van der Waals surface area (Å²) in [7, 11) is 0. The minimum atomic E-state index is -0.854. The van der Waals surface area contributed by atoms with Crippen LogP contribution in [0.25, 0.3) is 0 Å². The maximum absolute atomic E-state index is 13.5. The average Bonchev–Trinajstić information content (AvgIpc) is 3.19. The second kappa shape index (κ2) is 18.7. The van der Waals surface area contributed by atoms with Gasteiger partial charge in [-0.3, -0.25) is 14.4 Å². The highest BCUT2D eigenvalue weighted by molar-refractivity contribution is 5.94. The molecule has 224 valence electrons. The largest absolute Gasteiger partial charge is 0.391 e. The molecule has 10 nitrogen and oxygen atoms in total. The number of Topliss-reactive ketones (excluding diaryl/α,β-unsaturated/α-hetero) is 1. The van der Waals surface area contributed by atoms with E-state index in [-0.39, 0.29) is 45.3 Å². The van der Waals surface area contributed by atoms with Crippen molar-refractivity contribution in [2.75, 3.05) is 52.7 Å². The van der Waals surface area contributed by atoms with E-state index in [0.29, 0.717) is 44.8 Å². The molecule has 3 atom stereocenters. The van der Waals surface area contributed by atoms with E-state index in [1.807, 2.05) is 34.6 Å². The Morgan fingerprint density at radius 1 is 0.974 bits per heavy atom. The lowest BCUT2D eigenvalue weighted by atomic mass is 9.85. The molecule has 0 bridgehead atoms. The third-order valence-electron chi connectivity index (χ3n) is 6.10.